The molecule has 1 aromatic carbocycles. The minimum absolute atomic E-state index is 0.0735. The van der Waals surface area contributed by atoms with Crippen LogP contribution in [0.15, 0.2) is 47.8 Å². The Kier molecular flexibility index (Phi) is 5.38. The van der Waals surface area contributed by atoms with Crippen LogP contribution in [0.1, 0.15) is 39.4 Å². The molecule has 0 unspecified atom stereocenters. The van der Waals surface area contributed by atoms with Crippen molar-refractivity contribution in [3.05, 3.63) is 86.3 Å². The van der Waals surface area contributed by atoms with Gasteiger partial charge in [-0.15, -0.1) is 11.3 Å². The zero-order valence-corrected chi connectivity index (χ0v) is 18.6. The molecule has 0 amide bonds. The topological polar surface area (TPSA) is 72.7 Å². The van der Waals surface area contributed by atoms with E-state index < -0.39 is 0 Å². The van der Waals surface area contributed by atoms with Gasteiger partial charge in [-0.1, -0.05) is 29.8 Å². The Morgan fingerprint density at radius 2 is 1.97 bits per heavy atom. The van der Waals surface area contributed by atoms with Gasteiger partial charge in [0.05, 0.1) is 29.6 Å². The van der Waals surface area contributed by atoms with Crippen molar-refractivity contribution >= 4 is 21.6 Å². The molecule has 0 radical (unpaired) electrons. The Bertz CT molecular complexity index is 1270. The highest BCUT2D eigenvalue weighted by Crippen LogP contribution is 2.33. The summed E-state index contributed by atoms with van der Waals surface area (Å²) in [4.78, 5) is 28.8. The highest BCUT2D eigenvalue weighted by Gasteiger charge is 2.25. The summed E-state index contributed by atoms with van der Waals surface area (Å²) in [6.45, 7) is 5.27. The second kappa shape index (κ2) is 8.32. The van der Waals surface area contributed by atoms with Crippen LogP contribution in [-0.4, -0.2) is 25.6 Å². The van der Waals surface area contributed by atoms with Crippen LogP contribution in [0.2, 0.25) is 0 Å². The minimum atomic E-state index is 0.0735. The molecule has 1 atom stereocenters. The summed E-state index contributed by atoms with van der Waals surface area (Å²) < 4.78 is 1.74. The summed E-state index contributed by atoms with van der Waals surface area (Å²) in [7, 11) is 0. The van der Waals surface area contributed by atoms with Crippen molar-refractivity contribution in [2.75, 3.05) is 0 Å². The Morgan fingerprint density at radius 1 is 1.13 bits per heavy atom. The molecule has 0 aliphatic heterocycles. The van der Waals surface area contributed by atoms with Crippen molar-refractivity contribution in [3.8, 4) is 0 Å². The molecule has 158 valence electrons. The van der Waals surface area contributed by atoms with Gasteiger partial charge in [-0.3, -0.25) is 19.3 Å². The first-order valence-corrected chi connectivity index (χ1v) is 11.4. The summed E-state index contributed by atoms with van der Waals surface area (Å²) in [5.41, 5.74) is 5.48. The van der Waals surface area contributed by atoms with E-state index in [0.29, 0.717) is 19.1 Å². The fraction of sp³-hybridized carbons (Fsp3) is 0.333. The zero-order chi connectivity index (χ0) is 21.4. The molecule has 0 saturated heterocycles. The second-order valence-electron chi connectivity index (χ2n) is 8.32. The van der Waals surface area contributed by atoms with Gasteiger partial charge in [0.1, 0.15) is 4.83 Å². The van der Waals surface area contributed by atoms with Crippen molar-refractivity contribution in [2.45, 2.75) is 52.2 Å². The van der Waals surface area contributed by atoms with E-state index in [9.17, 15) is 4.79 Å². The number of fused-ring (bicyclic) bond motifs is 3. The standard InChI is InChI=1S/C24H25N5OS/c1-15-3-5-17(6-4-15)13-29-14-28-23-22(24(29)30)20-8-7-18(9-21(20)31-23)27-12-19-11-25-16(2)10-26-19/h3-6,10-11,14,18,27H,7-9,12-13H2,1-2H3/t18-/m1/s1. The van der Waals surface area contributed by atoms with Crippen LogP contribution in [0.25, 0.3) is 10.2 Å². The van der Waals surface area contributed by atoms with Gasteiger partial charge in [-0.25, -0.2) is 4.98 Å². The van der Waals surface area contributed by atoms with Gasteiger partial charge < -0.3 is 5.32 Å². The number of benzene rings is 1. The van der Waals surface area contributed by atoms with Crippen LogP contribution in [0.5, 0.6) is 0 Å². The Labute approximate surface area is 185 Å². The maximum Gasteiger partial charge on any atom is 0.262 e. The van der Waals surface area contributed by atoms with E-state index in [4.69, 9.17) is 0 Å². The molecular formula is C24H25N5OS. The predicted molar refractivity (Wildman–Crippen MR) is 124 cm³/mol. The fourth-order valence-corrected chi connectivity index (χ4v) is 5.40. The van der Waals surface area contributed by atoms with Gasteiger partial charge in [-0.2, -0.15) is 0 Å². The lowest BCUT2D eigenvalue weighted by molar-refractivity contribution is 0.459. The normalized spacial score (nSPS) is 15.9. The maximum atomic E-state index is 13.3. The molecule has 31 heavy (non-hydrogen) atoms. The van der Waals surface area contributed by atoms with Crippen LogP contribution in [0.3, 0.4) is 0 Å². The first-order chi connectivity index (χ1) is 15.1. The van der Waals surface area contributed by atoms with Crippen LogP contribution in [0, 0.1) is 13.8 Å². The lowest BCUT2D eigenvalue weighted by atomic mass is 9.93. The van der Waals surface area contributed by atoms with Gasteiger partial charge in [0, 0.05) is 29.9 Å². The van der Waals surface area contributed by atoms with Crippen LogP contribution in [-0.2, 0) is 25.9 Å². The highest BCUT2D eigenvalue weighted by molar-refractivity contribution is 7.18. The molecule has 5 rings (SSSR count). The molecule has 3 aromatic heterocycles. The van der Waals surface area contributed by atoms with Gasteiger partial charge in [0.15, 0.2) is 0 Å². The third-order valence-electron chi connectivity index (χ3n) is 5.92. The average Bonchev–Trinajstić information content (AvgIpc) is 3.15. The van der Waals surface area contributed by atoms with Crippen LogP contribution < -0.4 is 10.9 Å². The smallest absolute Gasteiger partial charge is 0.262 e. The number of thiophene rings is 1. The summed E-state index contributed by atoms with van der Waals surface area (Å²) in [5.74, 6) is 0. The average molecular weight is 432 g/mol. The van der Waals surface area contributed by atoms with E-state index in [1.165, 1.54) is 16.0 Å². The highest BCUT2D eigenvalue weighted by atomic mass is 32.1. The molecule has 0 spiro atoms. The molecule has 7 heteroatoms. The largest absolute Gasteiger partial charge is 0.308 e. The number of rotatable bonds is 5. The molecular weight excluding hydrogens is 406 g/mol. The number of aryl methyl sites for hydroxylation is 3. The maximum absolute atomic E-state index is 13.3. The third-order valence-corrected chi connectivity index (χ3v) is 7.08. The number of nitrogens with one attached hydrogen (secondary N) is 1. The molecule has 0 saturated carbocycles. The van der Waals surface area contributed by atoms with Crippen molar-refractivity contribution < 1.29 is 0 Å². The third kappa shape index (κ3) is 4.16. The number of hydrogen-bond acceptors (Lipinski definition) is 6. The van der Waals surface area contributed by atoms with E-state index >= 15 is 0 Å². The Morgan fingerprint density at radius 3 is 2.74 bits per heavy atom. The zero-order valence-electron chi connectivity index (χ0n) is 17.8. The predicted octanol–water partition coefficient (Wildman–Crippen LogP) is 3.56. The van der Waals surface area contributed by atoms with Crippen molar-refractivity contribution in [1.29, 1.82) is 0 Å². The SMILES string of the molecule is Cc1ccc(Cn2cnc3sc4c(c3c2=O)CC[C@@H](NCc2cnc(C)cn2)C4)cc1. The number of hydrogen-bond donors (Lipinski definition) is 1. The summed E-state index contributed by atoms with van der Waals surface area (Å²) in [6, 6.07) is 8.67. The minimum Gasteiger partial charge on any atom is -0.308 e. The van der Waals surface area contributed by atoms with Gasteiger partial charge in [0.2, 0.25) is 0 Å². The number of aromatic nitrogens is 4. The lowest BCUT2D eigenvalue weighted by Gasteiger charge is -2.23. The van der Waals surface area contributed by atoms with Gasteiger partial charge >= 0.3 is 0 Å². The van der Waals surface area contributed by atoms with E-state index in [0.717, 1.165) is 46.4 Å². The van der Waals surface area contributed by atoms with E-state index in [2.05, 4.69) is 51.5 Å². The molecule has 0 fully saturated rings. The monoisotopic (exact) mass is 431 g/mol. The summed E-state index contributed by atoms with van der Waals surface area (Å²) >= 11 is 1.67. The second-order valence-corrected chi connectivity index (χ2v) is 9.40. The Balaban J connectivity index is 1.35. The number of nitrogens with zero attached hydrogens (tertiary/aromatic N) is 4. The molecule has 6 nitrogen and oxygen atoms in total. The Hall–Kier alpha value is -2.90. The molecule has 3 heterocycles. The van der Waals surface area contributed by atoms with E-state index in [-0.39, 0.29) is 5.56 Å². The quantitative estimate of drug-likeness (QED) is 0.523. The lowest BCUT2D eigenvalue weighted by Crippen LogP contribution is -2.34. The summed E-state index contributed by atoms with van der Waals surface area (Å²) in [6.07, 6.45) is 8.15. The molecule has 1 aliphatic carbocycles. The molecule has 1 N–H and O–H groups in total. The van der Waals surface area contributed by atoms with Crippen molar-refractivity contribution in [1.82, 2.24) is 24.8 Å². The molecule has 1 aliphatic rings. The first kappa shape index (κ1) is 20.0. The summed E-state index contributed by atoms with van der Waals surface area (Å²) in [5, 5.41) is 4.42. The fourth-order valence-electron chi connectivity index (χ4n) is 4.14. The first-order valence-electron chi connectivity index (χ1n) is 10.6. The van der Waals surface area contributed by atoms with Crippen molar-refractivity contribution in [2.24, 2.45) is 0 Å². The van der Waals surface area contributed by atoms with Crippen molar-refractivity contribution in [3.63, 3.8) is 0 Å². The van der Waals surface area contributed by atoms with E-state index in [1.807, 2.05) is 13.1 Å². The molecule has 4 aromatic rings. The van der Waals surface area contributed by atoms with E-state index in [1.54, 1.807) is 28.4 Å². The van der Waals surface area contributed by atoms with Gasteiger partial charge in [0.25, 0.3) is 5.56 Å². The van der Waals surface area contributed by atoms with Crippen LogP contribution >= 0.6 is 11.3 Å². The van der Waals surface area contributed by atoms with Gasteiger partial charge in [-0.05, 0) is 44.2 Å². The van der Waals surface area contributed by atoms with Crippen LogP contribution in [0.4, 0.5) is 0 Å². The molecule has 0 bridgehead atoms.